The van der Waals surface area contributed by atoms with Crippen molar-refractivity contribution in [1.82, 2.24) is 19.9 Å². The summed E-state index contributed by atoms with van der Waals surface area (Å²) < 4.78 is 0. The quantitative estimate of drug-likeness (QED) is 0.0789. The molecule has 10 heteroatoms. The second-order valence-corrected chi connectivity index (χ2v) is 17.2. The average Bonchev–Trinajstić information content (AvgIpc) is 3.94. The highest BCUT2D eigenvalue weighted by Crippen LogP contribution is 2.44. The first-order valence-electron chi connectivity index (χ1n) is 21.7. The van der Waals surface area contributed by atoms with Gasteiger partial charge in [-0.2, -0.15) is 0 Å². The third kappa shape index (κ3) is 7.28. The van der Waals surface area contributed by atoms with Gasteiger partial charge in [-0.05, 0) is 143 Å². The zero-order valence-electron chi connectivity index (χ0n) is 36.7. The zero-order chi connectivity index (χ0) is 45.1. The lowest BCUT2D eigenvalue weighted by Gasteiger charge is -2.18. The number of carboxylic acids is 2. The summed E-state index contributed by atoms with van der Waals surface area (Å²) in [6.07, 6.45) is 0.294. The fourth-order valence-corrected chi connectivity index (χ4v) is 10.1. The smallest absolute Gasteiger partial charge is 0.303 e. The number of H-pyrrole nitrogens is 2. The van der Waals surface area contributed by atoms with Crippen LogP contribution in [-0.4, -0.2) is 52.3 Å². The zero-order valence-corrected chi connectivity index (χ0v) is 36.7. The van der Waals surface area contributed by atoms with E-state index >= 15 is 0 Å². The number of benzene rings is 4. The maximum Gasteiger partial charge on any atom is 0.303 e. The predicted molar refractivity (Wildman–Crippen MR) is 255 cm³/mol. The van der Waals surface area contributed by atoms with Crippen molar-refractivity contribution in [3.8, 4) is 11.5 Å². The summed E-state index contributed by atoms with van der Waals surface area (Å²) in [5.41, 5.74) is 14.5. The Morgan fingerprint density at radius 3 is 1.38 bits per heavy atom. The summed E-state index contributed by atoms with van der Waals surface area (Å²) in [5.74, 6) is -2.01. The van der Waals surface area contributed by atoms with E-state index in [1.807, 2.05) is 92.7 Å². The molecule has 10 nitrogen and oxygen atoms in total. The molecule has 0 fully saturated rings. The molecular formula is C54H50N4O6. The number of carbonyl (C=O) groups is 2. The number of phenolic OH excluding ortho intramolecular Hbond substituents is 2. The van der Waals surface area contributed by atoms with Crippen molar-refractivity contribution in [1.29, 1.82) is 0 Å². The SMILES string of the molecule is CC1=C(CCC(=O)O)c2cc3nc(cc4[nH]c(cc5[nH]c(cc1n2)c(C)c5C(C)c1c(O)ccc2ccccc12)c(C)c4C(C)c1c(O)ccc2ccccc12)C(C)=C3CCC(=O)O. The lowest BCUT2D eigenvalue weighted by atomic mass is 9.86. The fourth-order valence-electron chi connectivity index (χ4n) is 10.1. The highest BCUT2D eigenvalue weighted by atomic mass is 16.4. The van der Waals surface area contributed by atoms with Crippen molar-refractivity contribution in [2.45, 2.75) is 79.1 Å². The van der Waals surface area contributed by atoms with Gasteiger partial charge in [-0.15, -0.1) is 0 Å². The molecule has 64 heavy (non-hydrogen) atoms. The molecule has 9 rings (SSSR count). The number of nitrogens with one attached hydrogen (secondary N) is 2. The molecule has 8 bridgehead atoms. The van der Waals surface area contributed by atoms with Crippen LogP contribution in [0.4, 0.5) is 0 Å². The van der Waals surface area contributed by atoms with Crippen LogP contribution >= 0.6 is 0 Å². The van der Waals surface area contributed by atoms with E-state index in [2.05, 4.69) is 43.7 Å². The van der Waals surface area contributed by atoms with Gasteiger partial charge >= 0.3 is 11.9 Å². The topological polar surface area (TPSA) is 172 Å². The Balaban J connectivity index is 1.41. The van der Waals surface area contributed by atoms with Crippen LogP contribution in [-0.2, 0) is 9.59 Å². The number of aromatic hydroxyl groups is 2. The lowest BCUT2D eigenvalue weighted by molar-refractivity contribution is -0.137. The number of nitrogens with zero attached hydrogens (tertiary/aromatic N) is 2. The number of hydrogen-bond donors (Lipinski definition) is 6. The molecular weight excluding hydrogens is 801 g/mol. The molecule has 3 aromatic heterocycles. The minimum absolute atomic E-state index is 0.0937. The van der Waals surface area contributed by atoms with Gasteiger partial charge in [0, 0.05) is 57.9 Å². The molecule has 0 radical (unpaired) electrons. The van der Waals surface area contributed by atoms with Crippen LogP contribution in [0.2, 0.25) is 0 Å². The lowest BCUT2D eigenvalue weighted by Crippen LogP contribution is -2.00. The van der Waals surface area contributed by atoms with Gasteiger partial charge in [-0.3, -0.25) is 9.59 Å². The second-order valence-electron chi connectivity index (χ2n) is 17.2. The number of hydrogen-bond acceptors (Lipinski definition) is 6. The molecule has 322 valence electrons. The molecule has 2 aliphatic heterocycles. The molecule has 7 aromatic rings. The molecule has 0 amide bonds. The monoisotopic (exact) mass is 850 g/mol. The van der Waals surface area contributed by atoms with E-state index in [1.165, 1.54) is 0 Å². The summed E-state index contributed by atoms with van der Waals surface area (Å²) in [6, 6.07) is 31.5. The van der Waals surface area contributed by atoms with Crippen LogP contribution in [0.5, 0.6) is 11.5 Å². The number of phenols is 2. The van der Waals surface area contributed by atoms with Gasteiger partial charge in [-0.25, -0.2) is 9.97 Å². The minimum Gasteiger partial charge on any atom is -0.508 e. The number of carboxylic acid groups (broad SMARTS) is 2. The Hall–Kier alpha value is -7.46. The van der Waals surface area contributed by atoms with Crippen LogP contribution in [0.3, 0.4) is 0 Å². The van der Waals surface area contributed by atoms with Gasteiger partial charge in [0.1, 0.15) is 11.5 Å². The Labute approximate surface area is 370 Å². The largest absolute Gasteiger partial charge is 0.508 e. The van der Waals surface area contributed by atoms with Gasteiger partial charge in [-0.1, -0.05) is 74.5 Å². The van der Waals surface area contributed by atoms with Crippen molar-refractivity contribution in [3.63, 3.8) is 0 Å². The Morgan fingerprint density at radius 2 is 0.922 bits per heavy atom. The normalized spacial score (nSPS) is 13.8. The number of aliphatic carboxylic acids is 2. The number of aromatic amines is 2. The van der Waals surface area contributed by atoms with E-state index in [-0.39, 0.29) is 49.0 Å². The van der Waals surface area contributed by atoms with E-state index in [9.17, 15) is 30.0 Å². The molecule has 0 saturated carbocycles. The van der Waals surface area contributed by atoms with Crippen LogP contribution in [0, 0.1) is 13.8 Å². The molecule has 0 spiro atoms. The van der Waals surface area contributed by atoms with E-state index in [0.717, 1.165) is 99.3 Å². The number of allylic oxidation sites excluding steroid dienone is 4. The number of fused-ring (bicyclic) bond motifs is 10. The first kappa shape index (κ1) is 41.9. The van der Waals surface area contributed by atoms with Crippen LogP contribution in [0.25, 0.3) is 65.9 Å². The third-order valence-electron chi connectivity index (χ3n) is 13.4. The van der Waals surface area contributed by atoms with Gasteiger partial charge in [0.15, 0.2) is 0 Å². The second kappa shape index (κ2) is 16.3. The maximum absolute atomic E-state index is 12.0. The van der Waals surface area contributed by atoms with Gasteiger partial charge in [0.25, 0.3) is 0 Å². The number of rotatable bonds is 10. The fraction of sp³-hybridized carbons (Fsp3) is 0.222. The van der Waals surface area contributed by atoms with E-state index in [0.29, 0.717) is 22.8 Å². The van der Waals surface area contributed by atoms with Crippen LogP contribution < -0.4 is 0 Å². The van der Waals surface area contributed by atoms with Crippen molar-refractivity contribution in [2.24, 2.45) is 0 Å². The Kier molecular flexibility index (Phi) is 10.7. The van der Waals surface area contributed by atoms with Crippen molar-refractivity contribution in [2.75, 3.05) is 0 Å². The van der Waals surface area contributed by atoms with Crippen LogP contribution in [0.1, 0.15) is 121 Å². The van der Waals surface area contributed by atoms with E-state index < -0.39 is 11.9 Å². The molecule has 4 aromatic carbocycles. The maximum atomic E-state index is 12.0. The highest BCUT2D eigenvalue weighted by molar-refractivity contribution is 5.97. The molecule has 0 aliphatic carbocycles. The van der Waals surface area contributed by atoms with Gasteiger partial charge < -0.3 is 30.4 Å². The van der Waals surface area contributed by atoms with Crippen molar-refractivity contribution >= 4 is 77.8 Å². The molecule has 0 saturated heterocycles. The molecule has 2 unspecified atom stereocenters. The van der Waals surface area contributed by atoms with Gasteiger partial charge in [0.2, 0.25) is 0 Å². The average molecular weight is 851 g/mol. The summed E-state index contributed by atoms with van der Waals surface area (Å²) in [5, 5.41) is 46.6. The van der Waals surface area contributed by atoms with Crippen LogP contribution in [0.15, 0.2) is 97.1 Å². The summed E-state index contributed by atoms with van der Waals surface area (Å²) in [7, 11) is 0. The first-order chi connectivity index (χ1) is 30.7. The van der Waals surface area contributed by atoms with Crippen molar-refractivity contribution in [3.05, 3.63) is 153 Å². The highest BCUT2D eigenvalue weighted by Gasteiger charge is 2.27. The molecule has 5 heterocycles. The Bertz CT molecular complexity index is 3350. The number of aryl methyl sites for hydroxylation is 2. The minimum atomic E-state index is -0.923. The number of aromatic nitrogens is 4. The summed E-state index contributed by atoms with van der Waals surface area (Å²) in [4.78, 5) is 41.8. The summed E-state index contributed by atoms with van der Waals surface area (Å²) in [6.45, 7) is 12.3. The third-order valence-corrected chi connectivity index (χ3v) is 13.4. The van der Waals surface area contributed by atoms with E-state index in [1.54, 1.807) is 12.1 Å². The van der Waals surface area contributed by atoms with E-state index in [4.69, 9.17) is 9.97 Å². The summed E-state index contributed by atoms with van der Waals surface area (Å²) >= 11 is 0. The molecule has 6 N–H and O–H groups in total. The standard InChI is InChI=1S/C54H50N4O6/c1-27-35(17-21-49(61)62)43-26-44-36(18-22-50(63)64)28(2)40(56-44)24-45-52(32(6)54-38-14-10-8-12-34(38)16-20-48(54)60)30(4)42(58-45)25-46-51(29(3)41(57-46)23-39(27)55-43)31(5)53-37-13-9-7-11-33(37)15-19-47(53)59/h7-16,19-20,23-26,31-32,57-60H,17-18,21-22H2,1-6H3,(H,61,62)(H,63,64). The molecule has 2 atom stereocenters. The Morgan fingerprint density at radius 1 is 0.516 bits per heavy atom. The van der Waals surface area contributed by atoms with Gasteiger partial charge in [0.05, 0.1) is 22.8 Å². The molecule has 2 aliphatic rings. The van der Waals surface area contributed by atoms with Crippen molar-refractivity contribution < 1.29 is 30.0 Å². The predicted octanol–water partition coefficient (Wildman–Crippen LogP) is 12.5. The first-order valence-corrected chi connectivity index (χ1v) is 21.7.